The zero-order chi connectivity index (χ0) is 17.5. The highest BCUT2D eigenvalue weighted by Gasteiger charge is 2.17. The van der Waals surface area contributed by atoms with Gasteiger partial charge in [0.2, 0.25) is 5.91 Å². The van der Waals surface area contributed by atoms with Gasteiger partial charge in [-0.05, 0) is 35.7 Å². The van der Waals surface area contributed by atoms with E-state index in [4.69, 9.17) is 5.26 Å². The number of rotatable bonds is 6. The second kappa shape index (κ2) is 8.77. The van der Waals surface area contributed by atoms with E-state index in [0.717, 1.165) is 45.0 Å². The molecule has 2 heterocycles. The summed E-state index contributed by atoms with van der Waals surface area (Å²) < 4.78 is 0. The lowest BCUT2D eigenvalue weighted by atomic mass is 10.2. The Morgan fingerprint density at radius 2 is 1.84 bits per heavy atom. The van der Waals surface area contributed by atoms with Gasteiger partial charge in [0, 0.05) is 56.3 Å². The highest BCUT2D eigenvalue weighted by atomic mass is 32.1. The summed E-state index contributed by atoms with van der Waals surface area (Å²) in [5, 5.41) is 13.8. The molecule has 130 valence electrons. The second-order valence-corrected chi connectivity index (χ2v) is 7.22. The van der Waals surface area contributed by atoms with Crippen LogP contribution in [0.2, 0.25) is 0 Å². The van der Waals surface area contributed by atoms with Crippen LogP contribution in [0.25, 0.3) is 0 Å². The number of carbonyl (C=O) groups is 1. The molecule has 3 rings (SSSR count). The summed E-state index contributed by atoms with van der Waals surface area (Å²) in [6, 6.07) is 13.3. The molecule has 1 aliphatic rings. The summed E-state index contributed by atoms with van der Waals surface area (Å²) in [7, 11) is 0. The largest absolute Gasteiger partial charge is 0.326 e. The molecule has 0 saturated carbocycles. The van der Waals surface area contributed by atoms with Gasteiger partial charge in [-0.25, -0.2) is 0 Å². The van der Waals surface area contributed by atoms with Gasteiger partial charge in [-0.2, -0.15) is 5.26 Å². The molecular formula is C19H22N4OS. The minimum Gasteiger partial charge on any atom is -0.326 e. The molecule has 5 nitrogen and oxygen atoms in total. The highest BCUT2D eigenvalue weighted by molar-refractivity contribution is 7.09. The van der Waals surface area contributed by atoms with Gasteiger partial charge in [0.1, 0.15) is 0 Å². The zero-order valence-corrected chi connectivity index (χ0v) is 15.0. The summed E-state index contributed by atoms with van der Waals surface area (Å²) in [6.07, 6.45) is 0.491. The zero-order valence-electron chi connectivity index (χ0n) is 14.1. The Balaban J connectivity index is 1.36. The molecule has 6 heteroatoms. The third kappa shape index (κ3) is 5.40. The van der Waals surface area contributed by atoms with Crippen LogP contribution in [0.1, 0.15) is 16.9 Å². The van der Waals surface area contributed by atoms with E-state index in [1.54, 1.807) is 24.3 Å². The molecule has 1 aromatic heterocycles. The summed E-state index contributed by atoms with van der Waals surface area (Å²) in [5.41, 5.74) is 1.34. The van der Waals surface area contributed by atoms with Crippen molar-refractivity contribution in [1.29, 1.82) is 5.26 Å². The van der Waals surface area contributed by atoms with E-state index in [1.165, 1.54) is 4.88 Å². The van der Waals surface area contributed by atoms with Crippen molar-refractivity contribution in [2.75, 3.05) is 38.0 Å². The van der Waals surface area contributed by atoms with Crippen LogP contribution in [-0.4, -0.2) is 48.4 Å². The first-order chi connectivity index (χ1) is 12.2. The van der Waals surface area contributed by atoms with Crippen LogP contribution < -0.4 is 5.32 Å². The van der Waals surface area contributed by atoms with Crippen molar-refractivity contribution in [3.63, 3.8) is 0 Å². The second-order valence-electron chi connectivity index (χ2n) is 6.18. The molecule has 0 aliphatic carbocycles. The Morgan fingerprint density at radius 3 is 2.48 bits per heavy atom. The molecule has 1 amide bonds. The number of benzene rings is 1. The lowest BCUT2D eigenvalue weighted by Gasteiger charge is -2.34. The quantitative estimate of drug-likeness (QED) is 0.867. The number of thiophene rings is 1. The van der Waals surface area contributed by atoms with E-state index in [9.17, 15) is 4.79 Å². The fourth-order valence-corrected chi connectivity index (χ4v) is 3.65. The van der Waals surface area contributed by atoms with E-state index in [-0.39, 0.29) is 5.91 Å². The van der Waals surface area contributed by atoms with Crippen LogP contribution in [0.3, 0.4) is 0 Å². The number of hydrogen-bond donors (Lipinski definition) is 1. The van der Waals surface area contributed by atoms with E-state index < -0.39 is 0 Å². The molecule has 1 saturated heterocycles. The standard InChI is InChI=1S/C19H22N4OS/c20-14-16-3-5-17(6-4-16)21-19(24)7-8-22-9-11-23(12-10-22)15-18-2-1-13-25-18/h1-6,13H,7-12,15H2,(H,21,24). The average Bonchev–Trinajstić information content (AvgIpc) is 3.15. The Kier molecular flexibility index (Phi) is 6.18. The number of nitrogens with one attached hydrogen (secondary N) is 1. The number of piperazine rings is 1. The van der Waals surface area contributed by atoms with Gasteiger partial charge >= 0.3 is 0 Å². The normalized spacial score (nSPS) is 15.6. The highest BCUT2D eigenvalue weighted by Crippen LogP contribution is 2.14. The number of nitriles is 1. The minimum absolute atomic E-state index is 0.0192. The van der Waals surface area contributed by atoms with E-state index in [0.29, 0.717) is 12.0 Å². The number of carbonyl (C=O) groups excluding carboxylic acids is 1. The van der Waals surface area contributed by atoms with Crippen molar-refractivity contribution in [3.05, 3.63) is 52.2 Å². The van der Waals surface area contributed by atoms with Crippen molar-refractivity contribution in [2.45, 2.75) is 13.0 Å². The van der Waals surface area contributed by atoms with Gasteiger partial charge in [-0.3, -0.25) is 9.69 Å². The number of amides is 1. The Hall–Kier alpha value is -2.20. The van der Waals surface area contributed by atoms with Crippen molar-refractivity contribution < 1.29 is 4.79 Å². The summed E-state index contributed by atoms with van der Waals surface area (Å²) in [6.45, 7) is 5.94. The lowest BCUT2D eigenvalue weighted by molar-refractivity contribution is -0.116. The molecule has 0 radical (unpaired) electrons. The molecule has 0 unspecified atom stereocenters. The van der Waals surface area contributed by atoms with Crippen LogP contribution in [0, 0.1) is 11.3 Å². The van der Waals surface area contributed by atoms with E-state index in [1.807, 2.05) is 11.3 Å². The first-order valence-electron chi connectivity index (χ1n) is 8.50. The van der Waals surface area contributed by atoms with Gasteiger partial charge < -0.3 is 10.2 Å². The predicted octanol–water partition coefficient (Wildman–Crippen LogP) is 2.77. The van der Waals surface area contributed by atoms with Crippen molar-refractivity contribution >= 4 is 22.9 Å². The van der Waals surface area contributed by atoms with Crippen molar-refractivity contribution in [2.24, 2.45) is 0 Å². The molecule has 2 aromatic rings. The number of hydrogen-bond acceptors (Lipinski definition) is 5. The fourth-order valence-electron chi connectivity index (χ4n) is 2.91. The maximum atomic E-state index is 12.1. The lowest BCUT2D eigenvalue weighted by Crippen LogP contribution is -2.46. The summed E-state index contributed by atoms with van der Waals surface area (Å²) in [5.74, 6) is 0.0192. The maximum Gasteiger partial charge on any atom is 0.225 e. The Bertz CT molecular complexity index is 713. The molecule has 1 aromatic carbocycles. The first-order valence-corrected chi connectivity index (χ1v) is 9.38. The molecule has 1 fully saturated rings. The number of nitrogens with zero attached hydrogens (tertiary/aromatic N) is 3. The first kappa shape index (κ1) is 17.6. The van der Waals surface area contributed by atoms with Crippen LogP contribution in [-0.2, 0) is 11.3 Å². The van der Waals surface area contributed by atoms with Crippen LogP contribution >= 0.6 is 11.3 Å². The van der Waals surface area contributed by atoms with Gasteiger partial charge in [0.15, 0.2) is 0 Å². The van der Waals surface area contributed by atoms with Gasteiger partial charge in [0.25, 0.3) is 0 Å². The Morgan fingerprint density at radius 1 is 1.12 bits per heavy atom. The van der Waals surface area contributed by atoms with Gasteiger partial charge in [-0.15, -0.1) is 11.3 Å². The molecule has 1 N–H and O–H groups in total. The van der Waals surface area contributed by atoms with Crippen molar-refractivity contribution in [1.82, 2.24) is 9.80 Å². The monoisotopic (exact) mass is 354 g/mol. The van der Waals surface area contributed by atoms with E-state index in [2.05, 4.69) is 38.7 Å². The van der Waals surface area contributed by atoms with Gasteiger partial charge in [0.05, 0.1) is 11.6 Å². The predicted molar refractivity (Wildman–Crippen MR) is 100 cm³/mol. The molecule has 0 atom stereocenters. The molecule has 1 aliphatic heterocycles. The molecule has 0 spiro atoms. The topological polar surface area (TPSA) is 59.4 Å². The Labute approximate surface area is 152 Å². The van der Waals surface area contributed by atoms with Crippen molar-refractivity contribution in [3.8, 4) is 6.07 Å². The fraction of sp³-hybridized carbons (Fsp3) is 0.368. The molecule has 25 heavy (non-hydrogen) atoms. The summed E-state index contributed by atoms with van der Waals surface area (Å²) in [4.78, 5) is 18.3. The number of anilines is 1. The van der Waals surface area contributed by atoms with Crippen LogP contribution in [0.4, 0.5) is 5.69 Å². The SMILES string of the molecule is N#Cc1ccc(NC(=O)CCN2CCN(Cc3cccs3)CC2)cc1. The molecular weight excluding hydrogens is 332 g/mol. The maximum absolute atomic E-state index is 12.1. The minimum atomic E-state index is 0.0192. The third-order valence-electron chi connectivity index (χ3n) is 4.38. The van der Waals surface area contributed by atoms with Crippen LogP contribution in [0.5, 0.6) is 0 Å². The van der Waals surface area contributed by atoms with Gasteiger partial charge in [-0.1, -0.05) is 6.07 Å². The smallest absolute Gasteiger partial charge is 0.225 e. The van der Waals surface area contributed by atoms with E-state index >= 15 is 0 Å². The molecule has 0 bridgehead atoms. The average molecular weight is 354 g/mol. The third-order valence-corrected chi connectivity index (χ3v) is 5.24. The van der Waals surface area contributed by atoms with Crippen LogP contribution in [0.15, 0.2) is 41.8 Å². The summed E-state index contributed by atoms with van der Waals surface area (Å²) >= 11 is 1.81.